The van der Waals surface area contributed by atoms with E-state index in [4.69, 9.17) is 11.6 Å². The van der Waals surface area contributed by atoms with Gasteiger partial charge in [-0.15, -0.1) is 0 Å². The van der Waals surface area contributed by atoms with Crippen molar-refractivity contribution in [3.8, 4) is 0 Å². The zero-order chi connectivity index (χ0) is 13.0. The standard InChI is InChI=1S/C12H12ClF2N3/c13-10-4-2-1-3-9(10)7-16-8-11-17-5-6-18(11)12(14)15/h1-6,12,16H,7-8H2. The van der Waals surface area contributed by atoms with Crippen molar-refractivity contribution in [2.45, 2.75) is 19.6 Å². The van der Waals surface area contributed by atoms with Gasteiger partial charge in [-0.05, 0) is 11.6 Å². The molecule has 18 heavy (non-hydrogen) atoms. The second-order valence-electron chi connectivity index (χ2n) is 3.72. The highest BCUT2D eigenvalue weighted by molar-refractivity contribution is 6.31. The second-order valence-corrected chi connectivity index (χ2v) is 4.13. The van der Waals surface area contributed by atoms with Gasteiger partial charge in [-0.25, -0.2) is 4.98 Å². The fraction of sp³-hybridized carbons (Fsp3) is 0.250. The number of alkyl halides is 2. The molecule has 0 saturated carbocycles. The van der Waals surface area contributed by atoms with E-state index < -0.39 is 6.55 Å². The lowest BCUT2D eigenvalue weighted by Gasteiger charge is -2.08. The van der Waals surface area contributed by atoms with Gasteiger partial charge in [-0.3, -0.25) is 4.57 Å². The summed E-state index contributed by atoms with van der Waals surface area (Å²) in [7, 11) is 0. The molecule has 96 valence electrons. The van der Waals surface area contributed by atoms with E-state index in [1.807, 2.05) is 18.2 Å². The highest BCUT2D eigenvalue weighted by Gasteiger charge is 2.10. The molecular formula is C12H12ClF2N3. The first-order valence-electron chi connectivity index (χ1n) is 5.42. The summed E-state index contributed by atoms with van der Waals surface area (Å²) in [5, 5.41) is 3.69. The van der Waals surface area contributed by atoms with Crippen molar-refractivity contribution >= 4 is 11.6 Å². The molecule has 0 aliphatic heterocycles. The predicted molar refractivity (Wildman–Crippen MR) is 65.5 cm³/mol. The van der Waals surface area contributed by atoms with E-state index in [-0.39, 0.29) is 6.54 Å². The molecule has 3 nitrogen and oxygen atoms in total. The Morgan fingerprint density at radius 1 is 1.28 bits per heavy atom. The molecule has 1 N–H and O–H groups in total. The molecule has 0 radical (unpaired) electrons. The Kier molecular flexibility index (Phi) is 4.28. The quantitative estimate of drug-likeness (QED) is 0.905. The molecule has 1 heterocycles. The molecule has 0 saturated heterocycles. The van der Waals surface area contributed by atoms with Crippen LogP contribution < -0.4 is 5.32 Å². The van der Waals surface area contributed by atoms with Gasteiger partial charge in [0.05, 0.1) is 6.54 Å². The minimum absolute atomic E-state index is 0.266. The van der Waals surface area contributed by atoms with Gasteiger partial charge in [0.25, 0.3) is 0 Å². The summed E-state index contributed by atoms with van der Waals surface area (Å²) in [6.07, 6.45) is 2.62. The van der Waals surface area contributed by atoms with Crippen molar-refractivity contribution < 1.29 is 8.78 Å². The third-order valence-electron chi connectivity index (χ3n) is 2.52. The Bertz CT molecular complexity index is 514. The maximum Gasteiger partial charge on any atom is 0.319 e. The van der Waals surface area contributed by atoms with Gasteiger partial charge in [-0.1, -0.05) is 29.8 Å². The number of aromatic nitrogens is 2. The van der Waals surface area contributed by atoms with Gasteiger partial charge >= 0.3 is 6.55 Å². The first kappa shape index (κ1) is 13.0. The molecule has 0 aliphatic carbocycles. The van der Waals surface area contributed by atoms with Crippen molar-refractivity contribution in [2.24, 2.45) is 0 Å². The molecule has 0 atom stereocenters. The SMILES string of the molecule is FC(F)n1ccnc1CNCc1ccccc1Cl. The molecule has 1 aromatic carbocycles. The molecule has 0 spiro atoms. The van der Waals surface area contributed by atoms with Crippen LogP contribution in [0.2, 0.25) is 5.02 Å². The van der Waals surface area contributed by atoms with Crippen molar-refractivity contribution in [3.63, 3.8) is 0 Å². The highest BCUT2D eigenvalue weighted by Crippen LogP contribution is 2.15. The number of rotatable bonds is 5. The van der Waals surface area contributed by atoms with Crippen LogP contribution >= 0.6 is 11.6 Å². The molecule has 1 aromatic heterocycles. The topological polar surface area (TPSA) is 29.9 Å². The summed E-state index contributed by atoms with van der Waals surface area (Å²) in [5.41, 5.74) is 0.925. The van der Waals surface area contributed by atoms with E-state index in [9.17, 15) is 8.78 Å². The van der Waals surface area contributed by atoms with Crippen LogP contribution in [0.4, 0.5) is 8.78 Å². The van der Waals surface area contributed by atoms with Crippen LogP contribution in [0.1, 0.15) is 17.9 Å². The number of hydrogen-bond acceptors (Lipinski definition) is 2. The fourth-order valence-electron chi connectivity index (χ4n) is 1.61. The molecule has 0 fully saturated rings. The zero-order valence-corrected chi connectivity index (χ0v) is 10.2. The smallest absolute Gasteiger partial charge is 0.306 e. The van der Waals surface area contributed by atoms with Crippen LogP contribution in [0, 0.1) is 0 Å². The first-order chi connectivity index (χ1) is 8.68. The van der Waals surface area contributed by atoms with Gasteiger partial charge in [-0.2, -0.15) is 8.78 Å². The summed E-state index contributed by atoms with van der Waals surface area (Å²) in [6.45, 7) is -1.79. The number of nitrogens with zero attached hydrogens (tertiary/aromatic N) is 2. The summed E-state index contributed by atoms with van der Waals surface area (Å²) in [5.74, 6) is 0.303. The van der Waals surface area contributed by atoms with Crippen LogP contribution in [-0.4, -0.2) is 9.55 Å². The molecule has 2 aromatic rings. The summed E-state index contributed by atoms with van der Waals surface area (Å²) < 4.78 is 25.9. The van der Waals surface area contributed by atoms with E-state index in [1.54, 1.807) is 6.07 Å². The maximum atomic E-state index is 12.5. The minimum atomic E-state index is -2.57. The van der Waals surface area contributed by atoms with Crippen LogP contribution in [0.3, 0.4) is 0 Å². The van der Waals surface area contributed by atoms with Gasteiger partial charge in [0.1, 0.15) is 5.82 Å². The maximum absolute atomic E-state index is 12.5. The van der Waals surface area contributed by atoms with Crippen molar-refractivity contribution in [1.82, 2.24) is 14.9 Å². The third kappa shape index (κ3) is 3.05. The number of benzene rings is 1. The van der Waals surface area contributed by atoms with Gasteiger partial charge < -0.3 is 5.32 Å². The number of halogens is 3. The number of imidazole rings is 1. The average molecular weight is 272 g/mol. The Morgan fingerprint density at radius 3 is 2.78 bits per heavy atom. The van der Waals surface area contributed by atoms with Crippen LogP contribution in [-0.2, 0) is 13.1 Å². The molecule has 0 bridgehead atoms. The van der Waals surface area contributed by atoms with E-state index in [1.165, 1.54) is 12.4 Å². The number of hydrogen-bond donors (Lipinski definition) is 1. The number of nitrogens with one attached hydrogen (secondary N) is 1. The van der Waals surface area contributed by atoms with Gasteiger partial charge in [0.2, 0.25) is 0 Å². The van der Waals surface area contributed by atoms with E-state index >= 15 is 0 Å². The van der Waals surface area contributed by atoms with Crippen LogP contribution in [0.25, 0.3) is 0 Å². The lowest BCUT2D eigenvalue weighted by molar-refractivity contribution is 0.0666. The Morgan fingerprint density at radius 2 is 2.06 bits per heavy atom. The normalized spacial score (nSPS) is 11.1. The summed E-state index contributed by atoms with van der Waals surface area (Å²) in [6, 6.07) is 7.39. The van der Waals surface area contributed by atoms with Crippen molar-refractivity contribution in [3.05, 3.63) is 53.1 Å². The first-order valence-corrected chi connectivity index (χ1v) is 5.80. The van der Waals surface area contributed by atoms with E-state index in [2.05, 4.69) is 10.3 Å². The fourth-order valence-corrected chi connectivity index (χ4v) is 1.81. The molecular weight excluding hydrogens is 260 g/mol. The Hall–Kier alpha value is -1.46. The summed E-state index contributed by atoms with van der Waals surface area (Å²) in [4.78, 5) is 3.88. The largest absolute Gasteiger partial charge is 0.319 e. The molecule has 0 unspecified atom stereocenters. The van der Waals surface area contributed by atoms with Crippen LogP contribution in [0.5, 0.6) is 0 Å². The van der Waals surface area contributed by atoms with E-state index in [0.717, 1.165) is 10.1 Å². The second kappa shape index (κ2) is 5.93. The lowest BCUT2D eigenvalue weighted by Crippen LogP contribution is -2.17. The lowest BCUT2D eigenvalue weighted by atomic mass is 10.2. The van der Waals surface area contributed by atoms with Crippen molar-refractivity contribution in [1.29, 1.82) is 0 Å². The predicted octanol–water partition coefficient (Wildman–Crippen LogP) is 3.22. The van der Waals surface area contributed by atoms with Gasteiger partial charge in [0.15, 0.2) is 0 Å². The molecule has 0 amide bonds. The van der Waals surface area contributed by atoms with Gasteiger partial charge in [0, 0.05) is 24.0 Å². The molecule has 6 heteroatoms. The average Bonchev–Trinajstić information content (AvgIpc) is 2.80. The van der Waals surface area contributed by atoms with E-state index in [0.29, 0.717) is 17.4 Å². The van der Waals surface area contributed by atoms with Crippen LogP contribution in [0.15, 0.2) is 36.7 Å². The highest BCUT2D eigenvalue weighted by atomic mass is 35.5. The van der Waals surface area contributed by atoms with Crippen molar-refractivity contribution in [2.75, 3.05) is 0 Å². The molecule has 2 rings (SSSR count). The zero-order valence-electron chi connectivity index (χ0n) is 9.48. The summed E-state index contributed by atoms with van der Waals surface area (Å²) >= 11 is 5.99. The Labute approximate surface area is 108 Å². The monoisotopic (exact) mass is 271 g/mol. The minimum Gasteiger partial charge on any atom is -0.306 e. The Balaban J connectivity index is 1.93. The third-order valence-corrected chi connectivity index (χ3v) is 2.88. The molecule has 0 aliphatic rings.